The van der Waals surface area contributed by atoms with Crippen molar-refractivity contribution in [2.24, 2.45) is 5.92 Å². The van der Waals surface area contributed by atoms with Crippen LogP contribution in [0.3, 0.4) is 0 Å². The average Bonchev–Trinajstić information content (AvgIpc) is 3.03. The molecule has 0 saturated carbocycles. The normalized spacial score (nSPS) is 21.2. The van der Waals surface area contributed by atoms with Crippen LogP contribution in [-0.2, 0) is 4.79 Å². The van der Waals surface area contributed by atoms with Crippen molar-refractivity contribution in [3.05, 3.63) is 24.0 Å². The zero-order valence-corrected chi connectivity index (χ0v) is 11.3. The molecule has 0 spiro atoms. The minimum absolute atomic E-state index is 0.0560. The third kappa shape index (κ3) is 2.75. The predicted molar refractivity (Wildman–Crippen MR) is 72.2 cm³/mol. The first kappa shape index (κ1) is 13.1. The maximum absolute atomic E-state index is 12.4. The molecule has 1 saturated heterocycles. The Morgan fingerprint density at radius 2 is 2.50 bits per heavy atom. The zero-order chi connectivity index (χ0) is 13.0. The van der Waals surface area contributed by atoms with Crippen LogP contribution in [0.2, 0.25) is 0 Å². The van der Waals surface area contributed by atoms with Crippen molar-refractivity contribution < 1.29 is 4.79 Å². The smallest absolute Gasteiger partial charge is 0.227 e. The fraction of sp³-hybridized carbons (Fsp3) is 0.643. The molecule has 1 aliphatic heterocycles. The average molecular weight is 249 g/mol. The van der Waals surface area contributed by atoms with Crippen LogP contribution in [0.1, 0.15) is 38.4 Å². The minimum Gasteiger partial charge on any atom is -0.363 e. The van der Waals surface area contributed by atoms with Gasteiger partial charge < -0.3 is 15.2 Å². The van der Waals surface area contributed by atoms with Crippen molar-refractivity contribution in [1.82, 2.24) is 15.2 Å². The van der Waals surface area contributed by atoms with Crippen LogP contribution in [0.25, 0.3) is 0 Å². The Morgan fingerprint density at radius 1 is 1.67 bits per heavy atom. The molecular weight excluding hydrogens is 226 g/mol. The second-order valence-corrected chi connectivity index (χ2v) is 5.02. The van der Waals surface area contributed by atoms with Gasteiger partial charge in [0, 0.05) is 30.9 Å². The molecule has 0 aromatic carbocycles. The number of aromatic nitrogens is 1. The van der Waals surface area contributed by atoms with E-state index in [1.54, 1.807) is 0 Å². The highest BCUT2D eigenvalue weighted by molar-refractivity contribution is 5.79. The van der Waals surface area contributed by atoms with Crippen molar-refractivity contribution in [1.29, 1.82) is 0 Å². The lowest BCUT2D eigenvalue weighted by Gasteiger charge is -2.27. The van der Waals surface area contributed by atoms with E-state index < -0.39 is 0 Å². The van der Waals surface area contributed by atoms with Crippen LogP contribution in [0, 0.1) is 5.92 Å². The Labute approximate surface area is 109 Å². The molecule has 0 aliphatic carbocycles. The van der Waals surface area contributed by atoms with E-state index in [0.717, 1.165) is 38.2 Å². The van der Waals surface area contributed by atoms with E-state index in [1.807, 2.05) is 24.1 Å². The molecular formula is C14H23N3O. The van der Waals surface area contributed by atoms with Gasteiger partial charge in [0.1, 0.15) is 0 Å². The predicted octanol–water partition coefficient (Wildman–Crippen LogP) is 1.92. The molecule has 1 amide bonds. The highest BCUT2D eigenvalue weighted by atomic mass is 16.2. The van der Waals surface area contributed by atoms with Crippen molar-refractivity contribution in [2.75, 3.05) is 19.6 Å². The van der Waals surface area contributed by atoms with E-state index in [4.69, 9.17) is 0 Å². The molecule has 4 heteroatoms. The Balaban J connectivity index is 2.00. The number of hydrogen-bond acceptors (Lipinski definition) is 2. The summed E-state index contributed by atoms with van der Waals surface area (Å²) in [6, 6.07) is 4.32. The van der Waals surface area contributed by atoms with E-state index in [-0.39, 0.29) is 17.9 Å². The van der Waals surface area contributed by atoms with Crippen molar-refractivity contribution in [3.8, 4) is 0 Å². The molecule has 2 N–H and O–H groups in total. The lowest BCUT2D eigenvalue weighted by Crippen LogP contribution is -2.38. The summed E-state index contributed by atoms with van der Waals surface area (Å²) in [5, 5.41) is 3.25. The molecule has 1 aromatic rings. The number of H-pyrrole nitrogens is 1. The van der Waals surface area contributed by atoms with Gasteiger partial charge >= 0.3 is 0 Å². The number of carbonyl (C=O) groups excluding carboxylic acids is 1. The van der Waals surface area contributed by atoms with Crippen molar-refractivity contribution >= 4 is 5.91 Å². The first-order chi connectivity index (χ1) is 8.74. The monoisotopic (exact) mass is 249 g/mol. The van der Waals surface area contributed by atoms with Gasteiger partial charge in [-0.15, -0.1) is 0 Å². The third-order valence-electron chi connectivity index (χ3n) is 3.64. The standard InChI is InChI=1S/C14H23N3O/c1-3-15-10-11(2)14(18)17-9-5-7-13(17)12-6-4-8-16-12/h4,6,8,11,13,15-16H,3,5,7,9-10H2,1-2H3. The molecule has 2 rings (SSSR count). The summed E-state index contributed by atoms with van der Waals surface area (Å²) in [6.45, 7) is 6.64. The van der Waals surface area contributed by atoms with Crippen LogP contribution in [0.5, 0.6) is 0 Å². The molecule has 1 aliphatic rings. The van der Waals surface area contributed by atoms with Gasteiger partial charge in [0.2, 0.25) is 5.91 Å². The van der Waals surface area contributed by atoms with Gasteiger partial charge in [-0.05, 0) is 31.5 Å². The largest absolute Gasteiger partial charge is 0.363 e. The fourth-order valence-corrected chi connectivity index (χ4v) is 2.64. The summed E-state index contributed by atoms with van der Waals surface area (Å²) < 4.78 is 0. The van der Waals surface area contributed by atoms with Gasteiger partial charge in [-0.3, -0.25) is 4.79 Å². The first-order valence-electron chi connectivity index (χ1n) is 6.88. The Bertz CT molecular complexity index is 374. The lowest BCUT2D eigenvalue weighted by molar-refractivity contribution is -0.135. The number of nitrogens with zero attached hydrogens (tertiary/aromatic N) is 1. The van der Waals surface area contributed by atoms with Gasteiger partial charge in [-0.2, -0.15) is 0 Å². The summed E-state index contributed by atoms with van der Waals surface area (Å²) in [5.41, 5.74) is 1.16. The van der Waals surface area contributed by atoms with Gasteiger partial charge in [0.05, 0.1) is 6.04 Å². The first-order valence-corrected chi connectivity index (χ1v) is 6.88. The molecule has 2 unspecified atom stereocenters. The van der Waals surface area contributed by atoms with Crippen LogP contribution < -0.4 is 5.32 Å². The second-order valence-electron chi connectivity index (χ2n) is 5.02. The van der Waals surface area contributed by atoms with Crippen LogP contribution in [-0.4, -0.2) is 35.4 Å². The van der Waals surface area contributed by atoms with Gasteiger partial charge in [0.15, 0.2) is 0 Å². The molecule has 0 bridgehead atoms. The molecule has 1 aromatic heterocycles. The van der Waals surface area contributed by atoms with E-state index in [2.05, 4.69) is 23.3 Å². The molecule has 18 heavy (non-hydrogen) atoms. The number of rotatable bonds is 5. The summed E-state index contributed by atoms with van der Waals surface area (Å²) in [6.07, 6.45) is 4.10. The van der Waals surface area contributed by atoms with E-state index >= 15 is 0 Å². The Hall–Kier alpha value is -1.29. The molecule has 4 nitrogen and oxygen atoms in total. The fourth-order valence-electron chi connectivity index (χ4n) is 2.64. The second kappa shape index (κ2) is 6.05. The van der Waals surface area contributed by atoms with Crippen LogP contribution >= 0.6 is 0 Å². The van der Waals surface area contributed by atoms with E-state index in [1.165, 1.54) is 0 Å². The highest BCUT2D eigenvalue weighted by Gasteiger charge is 2.32. The van der Waals surface area contributed by atoms with E-state index in [9.17, 15) is 4.79 Å². The Kier molecular flexibility index (Phi) is 4.42. The number of amides is 1. The summed E-state index contributed by atoms with van der Waals surface area (Å²) in [5.74, 6) is 0.327. The molecule has 2 heterocycles. The van der Waals surface area contributed by atoms with Gasteiger partial charge in [-0.25, -0.2) is 0 Å². The zero-order valence-electron chi connectivity index (χ0n) is 11.3. The molecule has 0 radical (unpaired) electrons. The molecule has 100 valence electrons. The maximum atomic E-state index is 12.4. The van der Waals surface area contributed by atoms with Crippen LogP contribution in [0.4, 0.5) is 0 Å². The maximum Gasteiger partial charge on any atom is 0.227 e. The number of carbonyl (C=O) groups is 1. The van der Waals surface area contributed by atoms with Crippen molar-refractivity contribution in [2.45, 2.75) is 32.7 Å². The topological polar surface area (TPSA) is 48.1 Å². The highest BCUT2D eigenvalue weighted by Crippen LogP contribution is 2.31. The lowest BCUT2D eigenvalue weighted by atomic mass is 10.1. The molecule has 1 fully saturated rings. The number of nitrogens with one attached hydrogen (secondary N) is 2. The summed E-state index contributed by atoms with van der Waals surface area (Å²) in [4.78, 5) is 17.7. The SMILES string of the molecule is CCNCC(C)C(=O)N1CCCC1c1ccc[nH]1. The number of aromatic amines is 1. The number of likely N-dealkylation sites (tertiary alicyclic amines) is 1. The van der Waals surface area contributed by atoms with Gasteiger partial charge in [0.25, 0.3) is 0 Å². The summed E-state index contributed by atoms with van der Waals surface area (Å²) in [7, 11) is 0. The minimum atomic E-state index is 0.0560. The molecule has 2 atom stereocenters. The Morgan fingerprint density at radius 3 is 3.17 bits per heavy atom. The van der Waals surface area contributed by atoms with Crippen molar-refractivity contribution in [3.63, 3.8) is 0 Å². The van der Waals surface area contributed by atoms with Crippen LogP contribution in [0.15, 0.2) is 18.3 Å². The summed E-state index contributed by atoms with van der Waals surface area (Å²) >= 11 is 0. The third-order valence-corrected chi connectivity index (χ3v) is 3.64. The van der Waals surface area contributed by atoms with Gasteiger partial charge in [-0.1, -0.05) is 13.8 Å². The quantitative estimate of drug-likeness (QED) is 0.837. The number of hydrogen-bond donors (Lipinski definition) is 2. The van der Waals surface area contributed by atoms with E-state index in [0.29, 0.717) is 0 Å².